The first-order valence-corrected chi connectivity index (χ1v) is 7.77. The molecule has 0 aromatic rings. The van der Waals surface area contributed by atoms with Crippen molar-refractivity contribution in [1.29, 1.82) is 0 Å². The van der Waals surface area contributed by atoms with Gasteiger partial charge in [-0.2, -0.15) is 0 Å². The number of carbonyl (C=O) groups excluding carboxylic acids is 2. The zero-order valence-corrected chi connectivity index (χ0v) is 14.7. The van der Waals surface area contributed by atoms with Crippen molar-refractivity contribution in [3.63, 3.8) is 0 Å². The summed E-state index contributed by atoms with van der Waals surface area (Å²) < 4.78 is 5.21. The molecule has 22 heavy (non-hydrogen) atoms. The Balaban J connectivity index is 0.00000441. The van der Waals surface area contributed by atoms with Crippen LogP contribution in [0.5, 0.6) is 0 Å². The standard InChI is InChI=1S/C15H29N3O3.ClH/c1-12(2)13(16)6-7-17(3)14(19)4-5-15(20)18-8-10-21-11-9-18;/h12-13H,4-11,16H2,1-3H3;1H. The summed E-state index contributed by atoms with van der Waals surface area (Å²) in [6, 6.07) is 0.107. The van der Waals surface area contributed by atoms with Gasteiger partial charge in [-0.1, -0.05) is 13.8 Å². The highest BCUT2D eigenvalue weighted by Gasteiger charge is 2.19. The molecule has 0 radical (unpaired) electrons. The Hall–Kier alpha value is -0.850. The van der Waals surface area contributed by atoms with Gasteiger partial charge in [-0.3, -0.25) is 9.59 Å². The number of hydrogen-bond acceptors (Lipinski definition) is 4. The maximum atomic E-state index is 12.0. The van der Waals surface area contributed by atoms with E-state index in [2.05, 4.69) is 13.8 Å². The lowest BCUT2D eigenvalue weighted by atomic mass is 10.0. The molecule has 7 heteroatoms. The van der Waals surface area contributed by atoms with Crippen molar-refractivity contribution < 1.29 is 14.3 Å². The van der Waals surface area contributed by atoms with Crippen LogP contribution in [0.25, 0.3) is 0 Å². The zero-order chi connectivity index (χ0) is 15.8. The van der Waals surface area contributed by atoms with E-state index in [0.717, 1.165) is 6.42 Å². The first-order chi connectivity index (χ1) is 9.91. The molecule has 0 spiro atoms. The first-order valence-electron chi connectivity index (χ1n) is 7.77. The second kappa shape index (κ2) is 10.8. The summed E-state index contributed by atoms with van der Waals surface area (Å²) >= 11 is 0. The van der Waals surface area contributed by atoms with Crippen molar-refractivity contribution in [3.8, 4) is 0 Å². The molecule has 1 saturated heterocycles. The highest BCUT2D eigenvalue weighted by molar-refractivity contribution is 5.85. The molecule has 130 valence electrons. The Morgan fingerprint density at radius 1 is 1.23 bits per heavy atom. The van der Waals surface area contributed by atoms with Crippen molar-refractivity contribution in [2.75, 3.05) is 39.9 Å². The number of halogens is 1. The van der Waals surface area contributed by atoms with Crippen LogP contribution >= 0.6 is 12.4 Å². The van der Waals surface area contributed by atoms with E-state index in [1.165, 1.54) is 0 Å². The number of carbonyl (C=O) groups is 2. The van der Waals surface area contributed by atoms with Crippen LogP contribution in [0.15, 0.2) is 0 Å². The van der Waals surface area contributed by atoms with Crippen molar-refractivity contribution in [2.45, 2.75) is 39.2 Å². The summed E-state index contributed by atoms with van der Waals surface area (Å²) in [4.78, 5) is 27.4. The smallest absolute Gasteiger partial charge is 0.223 e. The Labute approximate surface area is 139 Å². The Morgan fingerprint density at radius 2 is 1.82 bits per heavy atom. The number of nitrogens with zero attached hydrogens (tertiary/aromatic N) is 2. The second-order valence-corrected chi connectivity index (χ2v) is 6.00. The van der Waals surface area contributed by atoms with Crippen LogP contribution in [0.3, 0.4) is 0 Å². The number of ether oxygens (including phenoxy) is 1. The van der Waals surface area contributed by atoms with Crippen LogP contribution in [-0.4, -0.2) is 67.6 Å². The minimum atomic E-state index is 0. The molecule has 1 fully saturated rings. The summed E-state index contributed by atoms with van der Waals surface area (Å²) in [6.45, 7) is 7.24. The Morgan fingerprint density at radius 3 is 2.36 bits per heavy atom. The van der Waals surface area contributed by atoms with Gasteiger partial charge in [0.2, 0.25) is 11.8 Å². The molecule has 1 aliphatic rings. The third-order valence-corrected chi connectivity index (χ3v) is 4.00. The normalized spacial score (nSPS) is 16.1. The van der Waals surface area contributed by atoms with Crippen molar-refractivity contribution in [3.05, 3.63) is 0 Å². The number of hydrogen-bond donors (Lipinski definition) is 1. The van der Waals surface area contributed by atoms with Gasteiger partial charge in [0, 0.05) is 45.6 Å². The largest absolute Gasteiger partial charge is 0.378 e. The molecule has 0 bridgehead atoms. The van der Waals surface area contributed by atoms with Crippen LogP contribution in [0, 0.1) is 5.92 Å². The number of nitrogens with two attached hydrogens (primary N) is 1. The highest BCUT2D eigenvalue weighted by Crippen LogP contribution is 2.07. The number of amides is 2. The zero-order valence-electron chi connectivity index (χ0n) is 13.9. The van der Waals surface area contributed by atoms with Gasteiger partial charge in [0.05, 0.1) is 13.2 Å². The van der Waals surface area contributed by atoms with Gasteiger partial charge in [-0.25, -0.2) is 0 Å². The minimum absolute atomic E-state index is 0. The van der Waals surface area contributed by atoms with Crippen LogP contribution in [0.2, 0.25) is 0 Å². The maximum Gasteiger partial charge on any atom is 0.223 e. The van der Waals surface area contributed by atoms with Gasteiger partial charge in [-0.05, 0) is 12.3 Å². The molecule has 1 aliphatic heterocycles. The summed E-state index contributed by atoms with van der Waals surface area (Å²) in [5.74, 6) is 0.461. The van der Waals surface area contributed by atoms with E-state index >= 15 is 0 Å². The number of rotatable bonds is 7. The van der Waals surface area contributed by atoms with Crippen LogP contribution in [0.1, 0.15) is 33.1 Å². The predicted octanol–water partition coefficient (Wildman–Crippen LogP) is 0.879. The van der Waals surface area contributed by atoms with E-state index in [1.807, 2.05) is 0 Å². The quantitative estimate of drug-likeness (QED) is 0.749. The lowest BCUT2D eigenvalue weighted by Gasteiger charge is -2.27. The van der Waals surface area contributed by atoms with Crippen LogP contribution in [0.4, 0.5) is 0 Å². The fraction of sp³-hybridized carbons (Fsp3) is 0.867. The molecular weight excluding hydrogens is 306 g/mol. The Bertz CT molecular complexity index is 347. The fourth-order valence-corrected chi connectivity index (χ4v) is 2.18. The van der Waals surface area contributed by atoms with E-state index in [9.17, 15) is 9.59 Å². The van der Waals surface area contributed by atoms with E-state index in [0.29, 0.717) is 38.8 Å². The number of morpholine rings is 1. The summed E-state index contributed by atoms with van der Waals surface area (Å²) in [5, 5.41) is 0. The fourth-order valence-electron chi connectivity index (χ4n) is 2.18. The third kappa shape index (κ3) is 7.42. The molecule has 2 amide bonds. The molecule has 0 saturated carbocycles. The van der Waals surface area contributed by atoms with Gasteiger partial charge in [0.15, 0.2) is 0 Å². The summed E-state index contributed by atoms with van der Waals surface area (Å²) in [6.07, 6.45) is 1.33. The average molecular weight is 336 g/mol. The van der Waals surface area contributed by atoms with Crippen LogP contribution in [-0.2, 0) is 14.3 Å². The summed E-state index contributed by atoms with van der Waals surface area (Å²) in [7, 11) is 1.77. The van der Waals surface area contributed by atoms with E-state index in [-0.39, 0.29) is 43.1 Å². The van der Waals surface area contributed by atoms with E-state index < -0.39 is 0 Å². The molecule has 0 aromatic carbocycles. The topological polar surface area (TPSA) is 75.9 Å². The molecule has 2 N–H and O–H groups in total. The van der Waals surface area contributed by atoms with Gasteiger partial charge in [0.25, 0.3) is 0 Å². The van der Waals surface area contributed by atoms with Gasteiger partial charge in [-0.15, -0.1) is 12.4 Å². The van der Waals surface area contributed by atoms with E-state index in [4.69, 9.17) is 10.5 Å². The second-order valence-electron chi connectivity index (χ2n) is 6.00. The van der Waals surface area contributed by atoms with Crippen molar-refractivity contribution in [1.82, 2.24) is 9.80 Å². The molecule has 1 heterocycles. The highest BCUT2D eigenvalue weighted by atomic mass is 35.5. The van der Waals surface area contributed by atoms with Crippen molar-refractivity contribution in [2.24, 2.45) is 11.7 Å². The molecule has 1 unspecified atom stereocenters. The third-order valence-electron chi connectivity index (χ3n) is 4.00. The first kappa shape index (κ1) is 21.1. The summed E-state index contributed by atoms with van der Waals surface area (Å²) in [5.41, 5.74) is 5.97. The monoisotopic (exact) mass is 335 g/mol. The molecule has 0 aliphatic carbocycles. The predicted molar refractivity (Wildman–Crippen MR) is 88.9 cm³/mol. The van der Waals surface area contributed by atoms with Crippen LogP contribution < -0.4 is 5.73 Å². The van der Waals surface area contributed by atoms with Gasteiger partial charge in [0.1, 0.15) is 0 Å². The maximum absolute atomic E-state index is 12.0. The average Bonchev–Trinajstić information content (AvgIpc) is 2.50. The molecule has 0 aromatic heterocycles. The van der Waals surface area contributed by atoms with Gasteiger partial charge >= 0.3 is 0 Å². The molecule has 1 rings (SSSR count). The van der Waals surface area contributed by atoms with E-state index in [1.54, 1.807) is 16.8 Å². The lowest BCUT2D eigenvalue weighted by molar-refractivity contribution is -0.139. The molecule has 1 atom stereocenters. The molecule has 6 nitrogen and oxygen atoms in total. The minimum Gasteiger partial charge on any atom is -0.378 e. The SMILES string of the molecule is CC(C)C(N)CCN(C)C(=O)CCC(=O)N1CCOCC1.Cl. The van der Waals surface area contributed by atoms with Crippen molar-refractivity contribution >= 4 is 24.2 Å². The Kier molecular flexibility index (Phi) is 10.4. The van der Waals surface area contributed by atoms with Gasteiger partial charge < -0.3 is 20.3 Å². The molecular formula is C15H30ClN3O3. The lowest BCUT2D eigenvalue weighted by Crippen LogP contribution is -2.41.